The molecule has 2 bridgehead atoms. The van der Waals surface area contributed by atoms with Gasteiger partial charge in [-0.2, -0.15) is 0 Å². The zero-order valence-corrected chi connectivity index (χ0v) is 10.9. The Bertz CT molecular complexity index is 269. The molecule has 0 amide bonds. The lowest BCUT2D eigenvalue weighted by Gasteiger charge is -2.52. The van der Waals surface area contributed by atoms with E-state index in [1.54, 1.807) is 14.2 Å². The molecule has 0 saturated heterocycles. The van der Waals surface area contributed by atoms with Crippen molar-refractivity contribution in [2.24, 2.45) is 17.8 Å². The molecule has 98 valence electrons. The highest BCUT2D eigenvalue weighted by molar-refractivity contribution is 5.72. The van der Waals surface area contributed by atoms with Gasteiger partial charge in [0.1, 0.15) is 0 Å². The lowest BCUT2D eigenvalue weighted by atomic mass is 9.63. The average Bonchev–Trinajstić information content (AvgIpc) is 2.35. The number of hydrogen-bond acceptors (Lipinski definition) is 4. The number of ether oxygens (including phenoxy) is 3. The van der Waals surface area contributed by atoms with Gasteiger partial charge < -0.3 is 14.2 Å². The number of esters is 1. The van der Waals surface area contributed by atoms with Crippen LogP contribution < -0.4 is 0 Å². The van der Waals surface area contributed by atoms with E-state index in [2.05, 4.69) is 0 Å². The van der Waals surface area contributed by atoms with Crippen molar-refractivity contribution in [1.82, 2.24) is 0 Å². The highest BCUT2D eigenvalue weighted by atomic mass is 16.7. The molecule has 0 aromatic heterocycles. The fraction of sp³-hybridized carbons (Fsp3) is 0.923. The second-order valence-corrected chi connectivity index (χ2v) is 5.15. The molecule has 0 heterocycles. The normalized spacial score (nSPS) is 35.4. The first-order valence-electron chi connectivity index (χ1n) is 6.36. The van der Waals surface area contributed by atoms with Crippen molar-refractivity contribution < 1.29 is 19.0 Å². The minimum absolute atomic E-state index is 0.0220. The lowest BCUT2D eigenvalue weighted by molar-refractivity contribution is -0.300. The van der Waals surface area contributed by atoms with Gasteiger partial charge in [0.25, 0.3) is 0 Å². The van der Waals surface area contributed by atoms with Crippen LogP contribution in [0.3, 0.4) is 0 Å². The Labute approximate surface area is 103 Å². The summed E-state index contributed by atoms with van der Waals surface area (Å²) in [4.78, 5) is 11.7. The van der Waals surface area contributed by atoms with Crippen LogP contribution in [0.25, 0.3) is 0 Å². The molecule has 2 aliphatic rings. The first kappa shape index (κ1) is 12.8. The number of rotatable bonds is 3. The van der Waals surface area contributed by atoms with Crippen LogP contribution in [0.15, 0.2) is 0 Å². The maximum Gasteiger partial charge on any atom is 0.308 e. The molecule has 0 aromatic carbocycles. The quantitative estimate of drug-likeness (QED) is 0.560. The van der Waals surface area contributed by atoms with Gasteiger partial charge in [-0.05, 0) is 25.7 Å². The molecule has 4 nitrogen and oxygen atoms in total. The summed E-state index contributed by atoms with van der Waals surface area (Å²) in [7, 11) is 4.90. The summed E-state index contributed by atoms with van der Waals surface area (Å²) in [6, 6.07) is 0. The zero-order chi connectivity index (χ0) is 12.5. The van der Waals surface area contributed by atoms with Crippen molar-refractivity contribution in [3.63, 3.8) is 0 Å². The van der Waals surface area contributed by atoms with E-state index < -0.39 is 5.79 Å². The van der Waals surface area contributed by atoms with Crippen molar-refractivity contribution in [3.05, 3.63) is 0 Å². The lowest BCUT2D eigenvalue weighted by Crippen LogP contribution is -2.56. The summed E-state index contributed by atoms with van der Waals surface area (Å²) in [5, 5.41) is 0. The summed E-state index contributed by atoms with van der Waals surface area (Å²) in [5.74, 6) is 0.0996. The van der Waals surface area contributed by atoms with Gasteiger partial charge in [-0.1, -0.05) is 6.42 Å². The molecule has 0 aliphatic heterocycles. The van der Waals surface area contributed by atoms with Crippen LogP contribution in [-0.4, -0.2) is 33.1 Å². The van der Waals surface area contributed by atoms with Gasteiger partial charge in [0.15, 0.2) is 5.79 Å². The summed E-state index contributed by atoms with van der Waals surface area (Å²) in [6.07, 6.45) is 5.00. The predicted octanol–water partition coefficient (Wildman–Crippen LogP) is 1.97. The average molecular weight is 242 g/mol. The third kappa shape index (κ3) is 1.97. The highest BCUT2D eigenvalue weighted by Crippen LogP contribution is 2.51. The third-order valence-electron chi connectivity index (χ3n) is 4.55. The van der Waals surface area contributed by atoms with Gasteiger partial charge in [-0.3, -0.25) is 4.79 Å². The van der Waals surface area contributed by atoms with Gasteiger partial charge in [0.05, 0.1) is 13.0 Å². The molecule has 17 heavy (non-hydrogen) atoms. The molecule has 2 rings (SSSR count). The van der Waals surface area contributed by atoms with Crippen LogP contribution in [0, 0.1) is 17.8 Å². The molecule has 0 N–H and O–H groups in total. The second kappa shape index (κ2) is 4.94. The van der Waals surface area contributed by atoms with Crippen molar-refractivity contribution in [3.8, 4) is 0 Å². The van der Waals surface area contributed by atoms with Crippen molar-refractivity contribution in [2.75, 3.05) is 21.3 Å². The van der Waals surface area contributed by atoms with Crippen molar-refractivity contribution in [1.29, 1.82) is 0 Å². The molecule has 4 heteroatoms. The Hall–Kier alpha value is -0.610. The topological polar surface area (TPSA) is 44.8 Å². The summed E-state index contributed by atoms with van der Waals surface area (Å²) in [6.45, 7) is 0. The Kier molecular flexibility index (Phi) is 3.73. The zero-order valence-electron chi connectivity index (χ0n) is 10.9. The first-order valence-corrected chi connectivity index (χ1v) is 6.36. The van der Waals surface area contributed by atoms with E-state index in [0.717, 1.165) is 25.7 Å². The SMILES string of the molecule is COC(=O)C1CC2CCCC(C1)C2(OC)OC. The molecule has 2 atom stereocenters. The molecule has 2 aliphatic carbocycles. The largest absolute Gasteiger partial charge is 0.469 e. The molecular formula is C13H22O4. The molecule has 2 fully saturated rings. The fourth-order valence-corrected chi connectivity index (χ4v) is 3.80. The Balaban J connectivity index is 2.19. The Morgan fingerprint density at radius 1 is 1.06 bits per heavy atom. The Morgan fingerprint density at radius 2 is 1.59 bits per heavy atom. The highest BCUT2D eigenvalue weighted by Gasteiger charge is 2.54. The summed E-state index contributed by atoms with van der Waals surface area (Å²) >= 11 is 0. The van der Waals surface area contributed by atoms with Crippen LogP contribution in [0.1, 0.15) is 32.1 Å². The molecular weight excluding hydrogens is 220 g/mol. The van der Waals surface area contributed by atoms with E-state index in [0.29, 0.717) is 11.8 Å². The summed E-state index contributed by atoms with van der Waals surface area (Å²) < 4.78 is 16.2. The van der Waals surface area contributed by atoms with E-state index >= 15 is 0 Å². The molecule has 2 saturated carbocycles. The third-order valence-corrected chi connectivity index (χ3v) is 4.55. The van der Waals surface area contributed by atoms with Gasteiger partial charge in [-0.25, -0.2) is 0 Å². The predicted molar refractivity (Wildman–Crippen MR) is 62.3 cm³/mol. The number of fused-ring (bicyclic) bond motifs is 2. The van der Waals surface area contributed by atoms with Crippen LogP contribution in [0.2, 0.25) is 0 Å². The number of methoxy groups -OCH3 is 3. The molecule has 0 radical (unpaired) electrons. The summed E-state index contributed by atoms with van der Waals surface area (Å²) in [5.41, 5.74) is 0. The minimum atomic E-state index is -0.469. The maximum atomic E-state index is 11.7. The van der Waals surface area contributed by atoms with Crippen LogP contribution >= 0.6 is 0 Å². The van der Waals surface area contributed by atoms with Gasteiger partial charge in [-0.15, -0.1) is 0 Å². The minimum Gasteiger partial charge on any atom is -0.469 e. The monoisotopic (exact) mass is 242 g/mol. The van der Waals surface area contributed by atoms with Gasteiger partial charge in [0.2, 0.25) is 0 Å². The van der Waals surface area contributed by atoms with Crippen LogP contribution in [0.4, 0.5) is 0 Å². The second-order valence-electron chi connectivity index (χ2n) is 5.15. The molecule has 2 unspecified atom stereocenters. The maximum absolute atomic E-state index is 11.7. The first-order chi connectivity index (χ1) is 8.17. The smallest absolute Gasteiger partial charge is 0.308 e. The van der Waals surface area contributed by atoms with Crippen LogP contribution in [-0.2, 0) is 19.0 Å². The van der Waals surface area contributed by atoms with Crippen LogP contribution in [0.5, 0.6) is 0 Å². The van der Waals surface area contributed by atoms with E-state index in [1.807, 2.05) is 0 Å². The Morgan fingerprint density at radius 3 is 2.00 bits per heavy atom. The van der Waals surface area contributed by atoms with Gasteiger partial charge >= 0.3 is 5.97 Å². The standard InChI is InChI=1S/C13H22O4/c1-15-12(14)9-7-10-5-4-6-11(8-9)13(10,16-2)17-3/h9-11H,4-8H2,1-3H3. The van der Waals surface area contributed by atoms with E-state index in [-0.39, 0.29) is 11.9 Å². The molecule has 0 spiro atoms. The van der Waals surface area contributed by atoms with Gasteiger partial charge in [0, 0.05) is 26.1 Å². The van der Waals surface area contributed by atoms with Crippen molar-refractivity contribution in [2.45, 2.75) is 37.9 Å². The van der Waals surface area contributed by atoms with E-state index in [4.69, 9.17) is 14.2 Å². The number of carbonyl (C=O) groups excluding carboxylic acids is 1. The number of hydrogen-bond donors (Lipinski definition) is 0. The van der Waals surface area contributed by atoms with E-state index in [9.17, 15) is 4.79 Å². The number of carbonyl (C=O) groups is 1. The molecule has 0 aromatic rings. The van der Waals surface area contributed by atoms with Crippen molar-refractivity contribution >= 4 is 5.97 Å². The fourth-order valence-electron chi connectivity index (χ4n) is 3.80. The van der Waals surface area contributed by atoms with E-state index in [1.165, 1.54) is 13.5 Å².